The fourth-order valence-corrected chi connectivity index (χ4v) is 10.5. The van der Waals surface area contributed by atoms with Gasteiger partial charge >= 0.3 is 11.9 Å². The minimum Gasteiger partial charge on any atom is -0.756 e. The fraction of sp³-hybridized carbons (Fsp3) is 0.714. The number of phosphoric ester groups is 1. The van der Waals surface area contributed by atoms with E-state index >= 15 is 0 Å². The first kappa shape index (κ1) is 83.4. The van der Waals surface area contributed by atoms with E-state index in [1.54, 1.807) is 0 Å². The van der Waals surface area contributed by atoms with Crippen molar-refractivity contribution in [2.75, 3.05) is 47.5 Å². The quantitative estimate of drug-likeness (QED) is 0.0195. The van der Waals surface area contributed by atoms with Gasteiger partial charge in [-0.3, -0.25) is 14.2 Å². The van der Waals surface area contributed by atoms with E-state index in [9.17, 15) is 19.0 Å². The van der Waals surface area contributed by atoms with Crippen LogP contribution < -0.4 is 4.89 Å². The Labute approximate surface area is 537 Å². The highest BCUT2D eigenvalue weighted by atomic mass is 31.2. The second-order valence-electron chi connectivity index (χ2n) is 24.9. The van der Waals surface area contributed by atoms with Crippen molar-refractivity contribution in [3.63, 3.8) is 0 Å². The molecule has 2 unspecified atom stereocenters. The number of nitrogens with zero attached hydrogens (tertiary/aromatic N) is 1. The van der Waals surface area contributed by atoms with Gasteiger partial charge in [0.2, 0.25) is 0 Å². The van der Waals surface area contributed by atoms with Crippen LogP contribution in [0.4, 0.5) is 0 Å². The first-order valence-corrected chi connectivity index (χ1v) is 37.2. The van der Waals surface area contributed by atoms with Crippen molar-refractivity contribution in [1.82, 2.24) is 0 Å². The van der Waals surface area contributed by atoms with Crippen molar-refractivity contribution in [3.05, 3.63) is 122 Å². The number of carbonyl (C=O) groups is 2. The maximum atomic E-state index is 12.9. The summed E-state index contributed by atoms with van der Waals surface area (Å²) in [6.45, 7) is 4.12. The van der Waals surface area contributed by atoms with Gasteiger partial charge in [0.05, 0.1) is 27.7 Å². The molecule has 0 N–H and O–H groups in total. The highest BCUT2D eigenvalue weighted by Gasteiger charge is 2.22. The predicted octanol–water partition coefficient (Wildman–Crippen LogP) is 22.8. The number of esters is 2. The topological polar surface area (TPSA) is 111 Å². The molecule has 0 spiro atoms. The number of hydrogen-bond donors (Lipinski definition) is 0. The number of rotatable bonds is 65. The van der Waals surface area contributed by atoms with Gasteiger partial charge in [-0.2, -0.15) is 0 Å². The molecule has 0 saturated heterocycles. The van der Waals surface area contributed by atoms with Crippen LogP contribution in [-0.4, -0.2) is 70.0 Å². The van der Waals surface area contributed by atoms with Crippen molar-refractivity contribution in [2.24, 2.45) is 0 Å². The molecule has 0 bridgehead atoms. The summed E-state index contributed by atoms with van der Waals surface area (Å²) < 4.78 is 34.3. The monoisotopic (exact) mass is 1230 g/mol. The largest absolute Gasteiger partial charge is 0.756 e. The molecule has 87 heavy (non-hydrogen) atoms. The smallest absolute Gasteiger partial charge is 0.306 e. The van der Waals surface area contributed by atoms with E-state index in [1.165, 1.54) is 161 Å². The number of likely N-dealkylation sites (N-methyl/N-ethyl adjacent to an activating group) is 1. The van der Waals surface area contributed by atoms with Crippen molar-refractivity contribution < 1.29 is 42.1 Å². The van der Waals surface area contributed by atoms with Crippen LogP contribution in [-0.2, 0) is 32.7 Å². The molecule has 0 aliphatic rings. The van der Waals surface area contributed by atoms with Crippen LogP contribution in [0.5, 0.6) is 0 Å². The molecular formula is C77H134NO8P. The number of unbranched alkanes of at least 4 members (excludes halogenated alkanes) is 31. The molecule has 0 heterocycles. The summed E-state index contributed by atoms with van der Waals surface area (Å²) in [5.41, 5.74) is 0. The number of carbonyl (C=O) groups excluding carboxylic acids is 2. The molecule has 10 heteroatoms. The minimum atomic E-state index is -4.66. The van der Waals surface area contributed by atoms with E-state index in [1.807, 2.05) is 21.1 Å². The molecule has 0 aliphatic heterocycles. The van der Waals surface area contributed by atoms with Gasteiger partial charge in [-0.15, -0.1) is 0 Å². The number of hydrogen-bond acceptors (Lipinski definition) is 8. The average Bonchev–Trinajstić information content (AvgIpc) is 3.67. The molecule has 2 atom stereocenters. The normalized spacial score (nSPS) is 13.9. The Morgan fingerprint density at radius 3 is 0.977 bits per heavy atom. The summed E-state index contributed by atoms with van der Waals surface area (Å²) in [6, 6.07) is 0. The molecule has 9 nitrogen and oxygen atoms in total. The summed E-state index contributed by atoms with van der Waals surface area (Å²) in [5.74, 6) is -0.859. The Morgan fingerprint density at radius 2 is 0.655 bits per heavy atom. The minimum absolute atomic E-state index is 0.0408. The van der Waals surface area contributed by atoms with Crippen molar-refractivity contribution >= 4 is 19.8 Å². The van der Waals surface area contributed by atoms with Gasteiger partial charge in [-0.25, -0.2) is 0 Å². The van der Waals surface area contributed by atoms with Crippen molar-refractivity contribution in [1.29, 1.82) is 0 Å². The van der Waals surface area contributed by atoms with E-state index in [0.29, 0.717) is 17.4 Å². The molecule has 0 radical (unpaired) electrons. The molecule has 0 fully saturated rings. The Balaban J connectivity index is 4.14. The average molecular weight is 1230 g/mol. The van der Waals surface area contributed by atoms with Gasteiger partial charge in [0.25, 0.3) is 7.82 Å². The highest BCUT2D eigenvalue weighted by Crippen LogP contribution is 2.38. The predicted molar refractivity (Wildman–Crippen MR) is 374 cm³/mol. The summed E-state index contributed by atoms with van der Waals surface area (Å²) in [7, 11) is 1.14. The van der Waals surface area contributed by atoms with Crippen LogP contribution in [0.1, 0.15) is 303 Å². The van der Waals surface area contributed by atoms with E-state index in [2.05, 4.69) is 135 Å². The maximum Gasteiger partial charge on any atom is 0.306 e. The van der Waals surface area contributed by atoms with Crippen molar-refractivity contribution in [2.45, 2.75) is 309 Å². The third-order valence-electron chi connectivity index (χ3n) is 15.2. The molecule has 0 amide bonds. The van der Waals surface area contributed by atoms with Gasteiger partial charge in [-0.1, -0.05) is 322 Å². The Morgan fingerprint density at radius 1 is 0.368 bits per heavy atom. The van der Waals surface area contributed by atoms with E-state index in [4.69, 9.17) is 18.5 Å². The first-order valence-electron chi connectivity index (χ1n) is 35.7. The van der Waals surface area contributed by atoms with Gasteiger partial charge in [0.1, 0.15) is 19.8 Å². The molecular weight excluding hydrogens is 1100 g/mol. The van der Waals surface area contributed by atoms with Crippen LogP contribution in [0.2, 0.25) is 0 Å². The lowest BCUT2D eigenvalue weighted by molar-refractivity contribution is -0.870. The summed E-state index contributed by atoms with van der Waals surface area (Å²) in [5, 5.41) is 0. The zero-order valence-corrected chi connectivity index (χ0v) is 57.8. The molecule has 0 rings (SSSR count). The van der Waals surface area contributed by atoms with Gasteiger partial charge in [-0.05, 0) is 89.9 Å². The Hall–Kier alpha value is -3.59. The fourth-order valence-electron chi connectivity index (χ4n) is 9.80. The first-order chi connectivity index (χ1) is 42.5. The summed E-state index contributed by atoms with van der Waals surface area (Å²) in [4.78, 5) is 38.1. The maximum absolute atomic E-state index is 12.9. The van der Waals surface area contributed by atoms with Crippen LogP contribution in [0, 0.1) is 0 Å². The molecule has 0 saturated carbocycles. The Kier molecular flexibility index (Phi) is 64.1. The third kappa shape index (κ3) is 71.4. The third-order valence-corrected chi connectivity index (χ3v) is 16.2. The number of quaternary nitrogens is 1. The van der Waals surface area contributed by atoms with Gasteiger partial charge < -0.3 is 27.9 Å². The highest BCUT2D eigenvalue weighted by molar-refractivity contribution is 7.45. The number of phosphoric acid groups is 1. The van der Waals surface area contributed by atoms with Gasteiger partial charge in [0.15, 0.2) is 6.10 Å². The van der Waals surface area contributed by atoms with Crippen molar-refractivity contribution in [3.8, 4) is 0 Å². The molecule has 0 aromatic heterocycles. The summed E-state index contributed by atoms with van der Waals surface area (Å²) >= 11 is 0. The van der Waals surface area contributed by atoms with Crippen LogP contribution in [0.3, 0.4) is 0 Å². The van der Waals surface area contributed by atoms with Crippen LogP contribution in [0.25, 0.3) is 0 Å². The van der Waals surface area contributed by atoms with Gasteiger partial charge in [0, 0.05) is 12.8 Å². The SMILES string of the molecule is CC/C=C\C/C=C\C/C=C\C/C=C\C/C=C\C/C=C\C/C=C\C/C=C\C/C=C\C/C=C\CCCCCCC(=O)OC(COC(=O)CCCCCCCCCCCCCCCCCCCCCCCCCCCCCC)COP(=O)([O-])OCC[N+](C)(C)C. The standard InChI is InChI=1S/C77H134NO8P/c1-6-8-10-12-14-16-18-20-22-24-26-28-30-32-34-36-37-38-39-40-41-42-44-46-48-50-52-54-56-58-60-62-64-66-68-70-77(80)86-75(74-85-87(81,82)84-72-71-78(3,4)5)73-83-76(79)69-67-65-63-61-59-57-55-53-51-49-47-45-43-35-33-31-29-27-25-23-21-19-17-15-13-11-9-7-2/h8,10,14,16,20,22,26,28,32,34,37-38,40-41,44,46,50,52,56,58,75H,6-7,9,11-13,15,17-19,21,23-25,27,29-31,33,35-36,39,42-43,45,47-49,51,53-55,57,59-74H2,1-5H3/b10-8-,16-14-,22-20-,28-26-,34-32-,38-37-,41-40-,46-44-,52-50-,58-56-. The number of ether oxygens (including phenoxy) is 2. The molecule has 0 aromatic carbocycles. The molecule has 0 aliphatic carbocycles. The van der Waals surface area contributed by atoms with E-state index in [-0.39, 0.29) is 32.0 Å². The second kappa shape index (κ2) is 66.8. The zero-order chi connectivity index (χ0) is 63.4. The van der Waals surface area contributed by atoms with Crippen LogP contribution >= 0.6 is 7.82 Å². The zero-order valence-electron chi connectivity index (χ0n) is 56.9. The lowest BCUT2D eigenvalue weighted by Gasteiger charge is -2.28. The number of allylic oxidation sites excluding steroid dienone is 20. The lowest BCUT2D eigenvalue weighted by Crippen LogP contribution is -2.37. The Bertz CT molecular complexity index is 1880. The molecule has 0 aromatic rings. The lowest BCUT2D eigenvalue weighted by atomic mass is 10.0. The summed E-state index contributed by atoms with van der Waals surface area (Å²) in [6.07, 6.45) is 95.7. The second-order valence-corrected chi connectivity index (χ2v) is 26.3. The van der Waals surface area contributed by atoms with Crippen LogP contribution in [0.15, 0.2) is 122 Å². The molecule has 500 valence electrons. The van der Waals surface area contributed by atoms with E-state index in [0.717, 1.165) is 109 Å². The van der Waals surface area contributed by atoms with E-state index < -0.39 is 26.5 Å².